The van der Waals surface area contributed by atoms with Gasteiger partial charge in [0.1, 0.15) is 5.82 Å². The minimum Gasteiger partial charge on any atom is -0.493 e. The molecule has 0 radical (unpaired) electrons. The number of benzene rings is 2. The first-order valence-corrected chi connectivity index (χ1v) is 10.3. The Labute approximate surface area is 187 Å². The molecule has 3 aromatic rings. The maximum absolute atomic E-state index is 13.2. The third-order valence-electron chi connectivity index (χ3n) is 5.55. The third kappa shape index (κ3) is 4.27. The third-order valence-corrected chi connectivity index (χ3v) is 5.55. The van der Waals surface area contributed by atoms with Crippen LogP contribution >= 0.6 is 0 Å². The summed E-state index contributed by atoms with van der Waals surface area (Å²) >= 11 is 0. The molecule has 4 rings (SSSR count). The van der Waals surface area contributed by atoms with E-state index in [2.05, 4.69) is 10.3 Å². The van der Waals surface area contributed by atoms with Gasteiger partial charge < -0.3 is 19.7 Å². The standard InChI is InChI=1S/C25H25N3O4/c1-16-7-6-10-23(26-16)27-24(29)14-20(17-11-12-21(31-2)22(13-17)32-3)28-15-18-8-4-5-9-19(18)25(28)30/h4-13,20H,14-15H2,1-3H3,(H,26,27,29). The molecule has 0 saturated carbocycles. The second kappa shape index (κ2) is 9.09. The van der Waals surface area contributed by atoms with Crippen molar-refractivity contribution in [2.75, 3.05) is 19.5 Å². The van der Waals surface area contributed by atoms with E-state index in [0.29, 0.717) is 29.4 Å². The van der Waals surface area contributed by atoms with Crippen LogP contribution in [0.5, 0.6) is 11.5 Å². The zero-order chi connectivity index (χ0) is 22.7. The van der Waals surface area contributed by atoms with Crippen LogP contribution in [-0.4, -0.2) is 35.9 Å². The maximum Gasteiger partial charge on any atom is 0.255 e. The zero-order valence-corrected chi connectivity index (χ0v) is 18.3. The Balaban J connectivity index is 1.66. The van der Waals surface area contributed by atoms with Crippen molar-refractivity contribution < 1.29 is 19.1 Å². The lowest BCUT2D eigenvalue weighted by molar-refractivity contribution is -0.117. The van der Waals surface area contributed by atoms with Gasteiger partial charge in [0.05, 0.1) is 26.7 Å². The van der Waals surface area contributed by atoms with Gasteiger partial charge in [-0.15, -0.1) is 0 Å². The highest BCUT2D eigenvalue weighted by Gasteiger charge is 2.35. The number of ether oxygens (including phenoxy) is 2. The van der Waals surface area contributed by atoms with Crippen molar-refractivity contribution in [3.8, 4) is 11.5 Å². The van der Waals surface area contributed by atoms with E-state index in [4.69, 9.17) is 9.47 Å². The van der Waals surface area contributed by atoms with Crippen molar-refractivity contribution in [3.05, 3.63) is 83.0 Å². The van der Waals surface area contributed by atoms with Gasteiger partial charge in [0.2, 0.25) is 5.91 Å². The number of nitrogens with one attached hydrogen (secondary N) is 1. The van der Waals surface area contributed by atoms with Crippen LogP contribution in [0.3, 0.4) is 0 Å². The molecule has 7 nitrogen and oxygen atoms in total. The van der Waals surface area contributed by atoms with Gasteiger partial charge in [-0.1, -0.05) is 30.3 Å². The molecule has 1 aromatic heterocycles. The minimum absolute atomic E-state index is 0.0742. The minimum atomic E-state index is -0.487. The van der Waals surface area contributed by atoms with Crippen LogP contribution in [0.25, 0.3) is 0 Å². The molecule has 2 heterocycles. The number of nitrogens with zero attached hydrogens (tertiary/aromatic N) is 2. The normalized spacial score (nSPS) is 13.5. The number of methoxy groups -OCH3 is 2. The van der Waals surface area contributed by atoms with E-state index in [9.17, 15) is 9.59 Å². The van der Waals surface area contributed by atoms with E-state index >= 15 is 0 Å². The lowest BCUT2D eigenvalue weighted by atomic mass is 10.0. The molecule has 1 aliphatic heterocycles. The summed E-state index contributed by atoms with van der Waals surface area (Å²) < 4.78 is 10.8. The highest BCUT2D eigenvalue weighted by Crippen LogP contribution is 2.37. The van der Waals surface area contributed by atoms with E-state index in [1.165, 1.54) is 0 Å². The summed E-state index contributed by atoms with van der Waals surface area (Å²) in [6.07, 6.45) is 0.0742. The molecule has 1 N–H and O–H groups in total. The van der Waals surface area contributed by atoms with Crippen molar-refractivity contribution in [2.24, 2.45) is 0 Å². The van der Waals surface area contributed by atoms with Crippen LogP contribution in [0.4, 0.5) is 5.82 Å². The average Bonchev–Trinajstić information content (AvgIpc) is 3.13. The largest absolute Gasteiger partial charge is 0.493 e. The number of rotatable bonds is 7. The SMILES string of the molecule is COc1ccc(C(CC(=O)Nc2cccc(C)n2)N2Cc3ccccc3C2=O)cc1OC. The first kappa shape index (κ1) is 21.4. The second-order valence-electron chi connectivity index (χ2n) is 7.64. The topological polar surface area (TPSA) is 80.8 Å². The summed E-state index contributed by atoms with van der Waals surface area (Å²) in [6.45, 7) is 2.30. The molecule has 1 atom stereocenters. The lowest BCUT2D eigenvalue weighted by Crippen LogP contribution is -2.32. The highest BCUT2D eigenvalue weighted by atomic mass is 16.5. The zero-order valence-electron chi connectivity index (χ0n) is 18.3. The van der Waals surface area contributed by atoms with E-state index in [1.807, 2.05) is 55.5 Å². The van der Waals surface area contributed by atoms with Crippen molar-refractivity contribution >= 4 is 17.6 Å². The van der Waals surface area contributed by atoms with Crippen LogP contribution < -0.4 is 14.8 Å². The van der Waals surface area contributed by atoms with E-state index in [1.54, 1.807) is 31.3 Å². The molecule has 164 valence electrons. The first-order valence-electron chi connectivity index (χ1n) is 10.3. The Morgan fingerprint density at radius 1 is 1.06 bits per heavy atom. The van der Waals surface area contributed by atoms with Crippen LogP contribution in [-0.2, 0) is 11.3 Å². The predicted molar refractivity (Wildman–Crippen MR) is 121 cm³/mol. The number of anilines is 1. The van der Waals surface area contributed by atoms with Gasteiger partial charge in [-0.2, -0.15) is 0 Å². The van der Waals surface area contributed by atoms with Crippen LogP contribution in [0.15, 0.2) is 60.7 Å². The van der Waals surface area contributed by atoms with Gasteiger partial charge in [0.15, 0.2) is 11.5 Å². The molecule has 0 spiro atoms. The number of fused-ring (bicyclic) bond motifs is 1. The Morgan fingerprint density at radius 2 is 1.84 bits per heavy atom. The molecule has 1 unspecified atom stereocenters. The Morgan fingerprint density at radius 3 is 2.56 bits per heavy atom. The lowest BCUT2D eigenvalue weighted by Gasteiger charge is -2.28. The van der Waals surface area contributed by atoms with Crippen molar-refractivity contribution in [2.45, 2.75) is 25.9 Å². The molecule has 32 heavy (non-hydrogen) atoms. The van der Waals surface area contributed by atoms with Gasteiger partial charge in [-0.05, 0) is 48.4 Å². The van der Waals surface area contributed by atoms with Gasteiger partial charge in [-0.3, -0.25) is 9.59 Å². The fourth-order valence-corrected chi connectivity index (χ4v) is 3.98. The molecule has 1 aliphatic rings. The molecule has 0 bridgehead atoms. The average molecular weight is 431 g/mol. The number of carbonyl (C=O) groups excluding carboxylic acids is 2. The van der Waals surface area contributed by atoms with Crippen LogP contribution in [0, 0.1) is 6.92 Å². The number of carbonyl (C=O) groups is 2. The smallest absolute Gasteiger partial charge is 0.255 e. The number of pyridine rings is 1. The highest BCUT2D eigenvalue weighted by molar-refractivity contribution is 5.99. The number of hydrogen-bond donors (Lipinski definition) is 1. The molecular weight excluding hydrogens is 406 g/mol. The van der Waals surface area contributed by atoms with Crippen molar-refractivity contribution in [1.82, 2.24) is 9.88 Å². The van der Waals surface area contributed by atoms with E-state index < -0.39 is 6.04 Å². The summed E-state index contributed by atoms with van der Waals surface area (Å²) in [5, 5.41) is 2.85. The van der Waals surface area contributed by atoms with Crippen molar-refractivity contribution in [3.63, 3.8) is 0 Å². The quantitative estimate of drug-likeness (QED) is 0.608. The Bertz CT molecular complexity index is 1160. The van der Waals surface area contributed by atoms with Gasteiger partial charge >= 0.3 is 0 Å². The molecular formula is C25H25N3O4. The number of hydrogen-bond acceptors (Lipinski definition) is 5. The summed E-state index contributed by atoms with van der Waals surface area (Å²) in [4.78, 5) is 32.2. The Kier molecular flexibility index (Phi) is 6.07. The fraction of sp³-hybridized carbons (Fsp3) is 0.240. The van der Waals surface area contributed by atoms with Crippen LogP contribution in [0.1, 0.15) is 39.6 Å². The molecule has 0 aliphatic carbocycles. The fourth-order valence-electron chi connectivity index (χ4n) is 3.98. The number of amides is 2. The summed E-state index contributed by atoms with van der Waals surface area (Å²) in [7, 11) is 3.13. The molecule has 2 amide bonds. The summed E-state index contributed by atoms with van der Waals surface area (Å²) in [5.74, 6) is 1.28. The van der Waals surface area contributed by atoms with Gasteiger partial charge in [0.25, 0.3) is 5.91 Å². The van der Waals surface area contributed by atoms with E-state index in [0.717, 1.165) is 16.8 Å². The number of aromatic nitrogens is 1. The maximum atomic E-state index is 13.2. The summed E-state index contributed by atoms with van der Waals surface area (Å²) in [5.41, 5.74) is 3.21. The van der Waals surface area contributed by atoms with Crippen LogP contribution in [0.2, 0.25) is 0 Å². The van der Waals surface area contributed by atoms with E-state index in [-0.39, 0.29) is 18.2 Å². The molecule has 0 saturated heterocycles. The molecule has 2 aromatic carbocycles. The van der Waals surface area contributed by atoms with Gasteiger partial charge in [-0.25, -0.2) is 4.98 Å². The van der Waals surface area contributed by atoms with Gasteiger partial charge in [0, 0.05) is 17.8 Å². The summed E-state index contributed by atoms with van der Waals surface area (Å²) in [6, 6.07) is 17.9. The molecule has 7 heteroatoms. The second-order valence-corrected chi connectivity index (χ2v) is 7.64. The van der Waals surface area contributed by atoms with Crippen molar-refractivity contribution in [1.29, 1.82) is 0 Å². The monoisotopic (exact) mass is 431 g/mol. The molecule has 0 fully saturated rings. The Hall–Kier alpha value is -3.87. The predicted octanol–water partition coefficient (Wildman–Crippen LogP) is 4.13. The first-order chi connectivity index (χ1) is 15.5. The number of aryl methyl sites for hydroxylation is 1.